The summed E-state index contributed by atoms with van der Waals surface area (Å²) in [5, 5.41) is 3.09. The van der Waals surface area contributed by atoms with Crippen LogP contribution >= 0.6 is 0 Å². The van der Waals surface area contributed by atoms with Gasteiger partial charge in [-0.15, -0.1) is 0 Å². The Hall–Kier alpha value is -1.95. The van der Waals surface area contributed by atoms with Gasteiger partial charge < -0.3 is 5.32 Å². The lowest BCUT2D eigenvalue weighted by Gasteiger charge is -2.17. The van der Waals surface area contributed by atoms with Crippen molar-refractivity contribution in [2.45, 2.75) is 17.9 Å². The van der Waals surface area contributed by atoms with Crippen LogP contribution in [0, 0.1) is 5.82 Å². The third-order valence-electron chi connectivity index (χ3n) is 2.85. The molecule has 1 atom stereocenters. The highest BCUT2D eigenvalue weighted by Gasteiger charge is 2.15. The summed E-state index contributed by atoms with van der Waals surface area (Å²) in [6, 6.07) is 9.31. The van der Waals surface area contributed by atoms with Crippen molar-refractivity contribution >= 4 is 15.5 Å². The average molecular weight is 294 g/mol. The molecule has 106 valence electrons. The van der Waals surface area contributed by atoms with Crippen molar-refractivity contribution in [3.8, 4) is 0 Å². The molecule has 20 heavy (non-hydrogen) atoms. The number of nitrogens with zero attached hydrogens (tertiary/aromatic N) is 1. The van der Waals surface area contributed by atoms with Gasteiger partial charge >= 0.3 is 0 Å². The van der Waals surface area contributed by atoms with Crippen LogP contribution in [0.2, 0.25) is 0 Å². The van der Waals surface area contributed by atoms with E-state index in [0.29, 0.717) is 11.4 Å². The molecule has 1 aromatic carbocycles. The zero-order valence-electron chi connectivity index (χ0n) is 11.2. The highest BCUT2D eigenvalue weighted by molar-refractivity contribution is 7.90. The van der Waals surface area contributed by atoms with Crippen LogP contribution in [0.4, 0.5) is 10.1 Å². The Labute approximate surface area is 117 Å². The van der Waals surface area contributed by atoms with Crippen LogP contribution in [0.1, 0.15) is 18.7 Å². The number of pyridine rings is 1. The summed E-state index contributed by atoms with van der Waals surface area (Å²) in [7, 11) is -3.31. The van der Waals surface area contributed by atoms with Gasteiger partial charge in [0, 0.05) is 6.26 Å². The lowest BCUT2D eigenvalue weighted by molar-refractivity contribution is 0.602. The third-order valence-corrected chi connectivity index (χ3v) is 4.01. The molecule has 6 heteroatoms. The third kappa shape index (κ3) is 3.33. The van der Waals surface area contributed by atoms with Crippen LogP contribution in [-0.4, -0.2) is 19.7 Å². The van der Waals surface area contributed by atoms with Gasteiger partial charge in [-0.3, -0.25) is 4.98 Å². The number of sulfone groups is 1. The summed E-state index contributed by atoms with van der Waals surface area (Å²) in [4.78, 5) is 4.21. The van der Waals surface area contributed by atoms with E-state index in [1.54, 1.807) is 30.3 Å². The Morgan fingerprint density at radius 2 is 1.90 bits per heavy atom. The second-order valence-corrected chi connectivity index (χ2v) is 6.52. The Morgan fingerprint density at radius 1 is 1.20 bits per heavy atom. The number of anilines is 1. The largest absolute Gasteiger partial charge is 0.376 e. The van der Waals surface area contributed by atoms with E-state index >= 15 is 0 Å². The second kappa shape index (κ2) is 5.58. The number of aromatic nitrogens is 1. The highest BCUT2D eigenvalue weighted by Crippen LogP contribution is 2.24. The topological polar surface area (TPSA) is 59.1 Å². The van der Waals surface area contributed by atoms with Crippen molar-refractivity contribution < 1.29 is 12.8 Å². The van der Waals surface area contributed by atoms with Crippen LogP contribution in [0.3, 0.4) is 0 Å². The zero-order chi connectivity index (χ0) is 14.8. The fourth-order valence-corrected chi connectivity index (χ4v) is 2.71. The van der Waals surface area contributed by atoms with Crippen molar-refractivity contribution in [3.05, 3.63) is 54.1 Å². The van der Waals surface area contributed by atoms with Gasteiger partial charge in [0.1, 0.15) is 5.82 Å². The number of hydrogen-bond acceptors (Lipinski definition) is 4. The average Bonchev–Trinajstić information content (AvgIpc) is 2.38. The minimum atomic E-state index is -3.31. The number of hydrogen-bond donors (Lipinski definition) is 1. The molecule has 0 aliphatic carbocycles. The quantitative estimate of drug-likeness (QED) is 0.942. The fourth-order valence-electron chi connectivity index (χ4n) is 1.86. The van der Waals surface area contributed by atoms with Gasteiger partial charge in [-0.25, -0.2) is 12.8 Å². The maximum atomic E-state index is 12.8. The SMILES string of the molecule is CC(Nc1ccccc1S(C)(=O)=O)c1ccc(F)cn1. The molecule has 1 unspecified atom stereocenters. The summed E-state index contributed by atoms with van der Waals surface area (Å²) in [5.74, 6) is -0.405. The van der Waals surface area contributed by atoms with Gasteiger partial charge in [0.05, 0.1) is 28.5 Å². The molecule has 1 N–H and O–H groups in total. The first-order chi connectivity index (χ1) is 9.38. The fraction of sp³-hybridized carbons (Fsp3) is 0.214. The van der Waals surface area contributed by atoms with Crippen LogP contribution in [0.15, 0.2) is 47.5 Å². The normalized spacial score (nSPS) is 12.9. The number of nitrogens with one attached hydrogen (secondary N) is 1. The summed E-state index contributed by atoms with van der Waals surface area (Å²) < 4.78 is 36.3. The first kappa shape index (κ1) is 14.5. The Balaban J connectivity index is 2.28. The summed E-state index contributed by atoms with van der Waals surface area (Å²) in [5.41, 5.74) is 1.14. The van der Waals surface area contributed by atoms with Gasteiger partial charge in [-0.1, -0.05) is 12.1 Å². The first-order valence-electron chi connectivity index (χ1n) is 6.05. The number of benzene rings is 1. The van der Waals surface area contributed by atoms with Gasteiger partial charge in [0.25, 0.3) is 0 Å². The van der Waals surface area contributed by atoms with Crippen LogP contribution in [0.5, 0.6) is 0 Å². The molecule has 0 aliphatic heterocycles. The van der Waals surface area contributed by atoms with Crippen molar-refractivity contribution in [2.75, 3.05) is 11.6 Å². The van der Waals surface area contributed by atoms with Gasteiger partial charge in [-0.2, -0.15) is 0 Å². The first-order valence-corrected chi connectivity index (χ1v) is 7.94. The van der Waals surface area contributed by atoms with E-state index in [-0.39, 0.29) is 10.9 Å². The maximum Gasteiger partial charge on any atom is 0.177 e. The smallest absolute Gasteiger partial charge is 0.177 e. The monoisotopic (exact) mass is 294 g/mol. The minimum absolute atomic E-state index is 0.231. The van der Waals surface area contributed by atoms with E-state index in [0.717, 1.165) is 12.5 Å². The van der Waals surface area contributed by atoms with Crippen molar-refractivity contribution in [1.82, 2.24) is 4.98 Å². The van der Waals surface area contributed by atoms with Crippen molar-refractivity contribution in [1.29, 1.82) is 0 Å². The molecule has 1 heterocycles. The molecule has 0 amide bonds. The molecule has 4 nitrogen and oxygen atoms in total. The molecule has 0 saturated carbocycles. The Morgan fingerprint density at radius 3 is 2.50 bits per heavy atom. The van der Waals surface area contributed by atoms with Crippen LogP contribution in [-0.2, 0) is 9.84 Å². The Bertz CT molecular complexity index is 699. The molecule has 0 fully saturated rings. The summed E-state index contributed by atoms with van der Waals surface area (Å²) in [6.45, 7) is 1.83. The van der Waals surface area contributed by atoms with E-state index in [1.165, 1.54) is 6.07 Å². The molecule has 2 aromatic rings. The predicted octanol–water partition coefficient (Wildman–Crippen LogP) is 2.80. The zero-order valence-corrected chi connectivity index (χ0v) is 12.0. The van der Waals surface area contributed by atoms with Gasteiger partial charge in [0.15, 0.2) is 9.84 Å². The molecule has 0 spiro atoms. The number of halogens is 1. The lowest BCUT2D eigenvalue weighted by atomic mass is 10.2. The molecule has 1 aromatic heterocycles. The molecule has 2 rings (SSSR count). The van der Waals surface area contributed by atoms with Crippen molar-refractivity contribution in [3.63, 3.8) is 0 Å². The molecular formula is C14H15FN2O2S. The van der Waals surface area contributed by atoms with Gasteiger partial charge in [-0.05, 0) is 31.2 Å². The summed E-state index contributed by atoms with van der Waals surface area (Å²) in [6.07, 6.45) is 2.30. The molecule has 0 radical (unpaired) electrons. The van der Waals surface area contributed by atoms with E-state index in [1.807, 2.05) is 6.92 Å². The van der Waals surface area contributed by atoms with Crippen LogP contribution in [0.25, 0.3) is 0 Å². The van der Waals surface area contributed by atoms with E-state index in [4.69, 9.17) is 0 Å². The molecular weight excluding hydrogens is 279 g/mol. The number of para-hydroxylation sites is 1. The van der Waals surface area contributed by atoms with Crippen molar-refractivity contribution in [2.24, 2.45) is 0 Å². The molecule has 0 aliphatic rings. The Kier molecular flexibility index (Phi) is 4.04. The maximum absolute atomic E-state index is 12.8. The van der Waals surface area contributed by atoms with Crippen LogP contribution < -0.4 is 5.32 Å². The van der Waals surface area contributed by atoms with E-state index in [2.05, 4.69) is 10.3 Å². The molecule has 0 bridgehead atoms. The molecule has 0 saturated heterocycles. The second-order valence-electron chi connectivity index (χ2n) is 4.54. The van der Waals surface area contributed by atoms with Gasteiger partial charge in [0.2, 0.25) is 0 Å². The predicted molar refractivity (Wildman–Crippen MR) is 75.8 cm³/mol. The summed E-state index contributed by atoms with van der Waals surface area (Å²) >= 11 is 0. The van der Waals surface area contributed by atoms with E-state index in [9.17, 15) is 12.8 Å². The number of rotatable bonds is 4. The highest BCUT2D eigenvalue weighted by atomic mass is 32.2. The van der Waals surface area contributed by atoms with E-state index < -0.39 is 15.7 Å². The standard InChI is InChI=1S/C14H15FN2O2S/c1-10(12-8-7-11(15)9-16-12)17-13-5-3-4-6-14(13)20(2,18)19/h3-10,17H,1-2H3. The lowest BCUT2D eigenvalue weighted by Crippen LogP contribution is -2.11. The minimum Gasteiger partial charge on any atom is -0.376 e.